The molecule has 3 aromatic rings. The zero-order valence-corrected chi connectivity index (χ0v) is 23.4. The smallest absolute Gasteiger partial charge is 0.335 e. The van der Waals surface area contributed by atoms with E-state index in [1.165, 1.54) is 4.90 Å². The number of aliphatic hydroxyl groups is 3. The Labute approximate surface area is 241 Å². The molecule has 1 aromatic heterocycles. The summed E-state index contributed by atoms with van der Waals surface area (Å²) in [4.78, 5) is 42.0. The fraction of sp³-hybridized carbons (Fsp3) is 0.414. The van der Waals surface area contributed by atoms with Crippen LogP contribution in [0.2, 0.25) is 0 Å². The molecular formula is C29H35N3O10. The highest BCUT2D eigenvalue weighted by Gasteiger charge is 2.47. The van der Waals surface area contributed by atoms with Gasteiger partial charge in [-0.3, -0.25) is 4.79 Å². The fourth-order valence-corrected chi connectivity index (χ4v) is 4.78. The molecular weight excluding hydrogens is 550 g/mol. The number of H-pyrrole nitrogens is 1. The minimum atomic E-state index is -1.86. The Morgan fingerprint density at radius 1 is 1.05 bits per heavy atom. The number of ether oxygens (including phenoxy) is 3. The highest BCUT2D eigenvalue weighted by atomic mass is 16.7. The van der Waals surface area contributed by atoms with Crippen LogP contribution >= 0.6 is 0 Å². The van der Waals surface area contributed by atoms with Crippen LogP contribution in [0.15, 0.2) is 47.3 Å². The number of amides is 2. The molecule has 2 amide bonds. The predicted octanol–water partition coefficient (Wildman–Crippen LogP) is 1.49. The van der Waals surface area contributed by atoms with Gasteiger partial charge in [0.05, 0.1) is 25.3 Å². The average Bonchev–Trinajstić information content (AvgIpc) is 2.94. The maximum Gasteiger partial charge on any atom is 0.335 e. The van der Waals surface area contributed by atoms with Crippen molar-refractivity contribution >= 4 is 28.6 Å². The van der Waals surface area contributed by atoms with Gasteiger partial charge in [0.2, 0.25) is 0 Å². The number of urea groups is 1. The topological polar surface area (TPSA) is 191 Å². The number of aryl methyl sites for hydroxylation is 2. The molecule has 2 aromatic carbocycles. The number of pyridine rings is 1. The molecule has 2 heterocycles. The lowest BCUT2D eigenvalue weighted by molar-refractivity contribution is -0.294. The minimum absolute atomic E-state index is 0.113. The Kier molecular flexibility index (Phi) is 9.81. The molecule has 5 atom stereocenters. The molecule has 0 aliphatic carbocycles. The standard InChI is InChI=1S/C29H35N3O10/c1-4-40-20-7-5-19(6-8-20)30-29(39)32(9-10-41-28-24(35)22(33)23(34)25(42-28)27(37)38)14-18-13-17-12-15(2)11-16(3)21(17)31-26(18)36/h5-8,11-13,22-25,28,33-35H,4,9-10,14H2,1-3H3,(H,30,39)(H,31,36)(H,37,38)/t22-,23-,24+,25-,28+/m0/s1. The summed E-state index contributed by atoms with van der Waals surface area (Å²) < 4.78 is 16.1. The van der Waals surface area contributed by atoms with Gasteiger partial charge in [0, 0.05) is 17.8 Å². The number of aromatic amines is 1. The van der Waals surface area contributed by atoms with Crippen molar-refractivity contribution in [3.63, 3.8) is 0 Å². The van der Waals surface area contributed by atoms with E-state index in [9.17, 15) is 34.8 Å². The predicted molar refractivity (Wildman–Crippen MR) is 151 cm³/mol. The zero-order valence-electron chi connectivity index (χ0n) is 23.4. The van der Waals surface area contributed by atoms with E-state index in [1.54, 1.807) is 30.3 Å². The van der Waals surface area contributed by atoms with Gasteiger partial charge in [-0.05, 0) is 68.1 Å². The number of carboxylic acids is 1. The monoisotopic (exact) mass is 585 g/mol. The maximum absolute atomic E-state index is 13.4. The summed E-state index contributed by atoms with van der Waals surface area (Å²) in [5.41, 5.74) is 3.02. The molecule has 0 bridgehead atoms. The van der Waals surface area contributed by atoms with Crippen LogP contribution in [0.25, 0.3) is 10.9 Å². The summed E-state index contributed by atoms with van der Waals surface area (Å²) in [6.07, 6.45) is -8.84. The number of carboxylic acid groups (broad SMARTS) is 1. The lowest BCUT2D eigenvalue weighted by Gasteiger charge is -2.38. The summed E-state index contributed by atoms with van der Waals surface area (Å²) >= 11 is 0. The minimum Gasteiger partial charge on any atom is -0.494 e. The first-order chi connectivity index (χ1) is 20.0. The largest absolute Gasteiger partial charge is 0.494 e. The molecule has 13 heteroatoms. The van der Waals surface area contributed by atoms with Gasteiger partial charge in [-0.25, -0.2) is 9.59 Å². The number of fused-ring (bicyclic) bond motifs is 1. The van der Waals surface area contributed by atoms with E-state index < -0.39 is 42.7 Å². The maximum atomic E-state index is 13.4. The van der Waals surface area contributed by atoms with E-state index in [4.69, 9.17) is 14.2 Å². The summed E-state index contributed by atoms with van der Waals surface area (Å²) in [5.74, 6) is -0.911. The van der Waals surface area contributed by atoms with E-state index in [2.05, 4.69) is 10.3 Å². The van der Waals surface area contributed by atoms with Crippen LogP contribution < -0.4 is 15.6 Å². The summed E-state index contributed by atoms with van der Waals surface area (Å²) in [6, 6.07) is 11.8. The normalized spacial score (nSPS) is 22.1. The first-order valence-corrected chi connectivity index (χ1v) is 13.4. The van der Waals surface area contributed by atoms with Crippen LogP contribution in [-0.4, -0.2) is 92.8 Å². The molecule has 0 unspecified atom stereocenters. The summed E-state index contributed by atoms with van der Waals surface area (Å²) in [5, 5.41) is 43.0. The Bertz CT molecular complexity index is 1480. The third kappa shape index (κ3) is 7.06. The molecule has 4 rings (SSSR count). The number of hydrogen-bond acceptors (Lipinski definition) is 9. The number of nitrogens with one attached hydrogen (secondary N) is 2. The quantitative estimate of drug-likeness (QED) is 0.203. The second kappa shape index (κ2) is 13.3. The third-order valence-electron chi connectivity index (χ3n) is 6.89. The zero-order chi connectivity index (χ0) is 30.6. The van der Waals surface area contributed by atoms with E-state index in [0.29, 0.717) is 29.1 Å². The van der Waals surface area contributed by atoms with Gasteiger partial charge in [0.1, 0.15) is 24.1 Å². The van der Waals surface area contributed by atoms with Gasteiger partial charge in [-0.1, -0.05) is 11.6 Å². The molecule has 226 valence electrons. The Morgan fingerprint density at radius 2 is 1.76 bits per heavy atom. The van der Waals surface area contributed by atoms with Crippen molar-refractivity contribution in [2.45, 2.75) is 58.0 Å². The molecule has 0 radical (unpaired) electrons. The average molecular weight is 586 g/mol. The first kappa shape index (κ1) is 30.9. The Balaban J connectivity index is 1.54. The number of aliphatic hydroxyl groups excluding tert-OH is 3. The molecule has 42 heavy (non-hydrogen) atoms. The van der Waals surface area contributed by atoms with Crippen molar-refractivity contribution in [2.24, 2.45) is 0 Å². The number of rotatable bonds is 10. The molecule has 1 aliphatic rings. The Hall–Kier alpha value is -4.01. The van der Waals surface area contributed by atoms with E-state index >= 15 is 0 Å². The van der Waals surface area contributed by atoms with Crippen molar-refractivity contribution in [3.8, 4) is 5.75 Å². The van der Waals surface area contributed by atoms with Gasteiger partial charge in [0.25, 0.3) is 5.56 Å². The van der Waals surface area contributed by atoms with Gasteiger partial charge in [-0.15, -0.1) is 0 Å². The lowest BCUT2D eigenvalue weighted by atomic mass is 9.99. The number of benzene rings is 2. The number of aliphatic carboxylic acids is 1. The second-order valence-corrected chi connectivity index (χ2v) is 10.1. The van der Waals surface area contributed by atoms with Crippen molar-refractivity contribution in [1.82, 2.24) is 9.88 Å². The van der Waals surface area contributed by atoms with Gasteiger partial charge >= 0.3 is 12.0 Å². The molecule has 6 N–H and O–H groups in total. The number of anilines is 1. The number of carbonyl (C=O) groups is 2. The second-order valence-electron chi connectivity index (χ2n) is 10.1. The molecule has 0 spiro atoms. The van der Waals surface area contributed by atoms with Crippen molar-refractivity contribution < 1.29 is 44.2 Å². The summed E-state index contributed by atoms with van der Waals surface area (Å²) in [7, 11) is 0. The number of aromatic nitrogens is 1. The highest BCUT2D eigenvalue weighted by Crippen LogP contribution is 2.23. The highest BCUT2D eigenvalue weighted by molar-refractivity contribution is 5.89. The SMILES string of the molecule is CCOc1ccc(NC(=O)N(CCO[C@@H]2O[C@H](C(=O)O)[C@@H](O)[C@H](O)[C@H]2O)Cc2cc3cc(C)cc(C)c3[nH]c2=O)cc1. The van der Waals surface area contributed by atoms with Crippen molar-refractivity contribution in [1.29, 1.82) is 0 Å². The number of nitrogens with zero attached hydrogens (tertiary/aromatic N) is 1. The van der Waals surface area contributed by atoms with Crippen LogP contribution in [0.5, 0.6) is 5.75 Å². The van der Waals surface area contributed by atoms with Gasteiger partial charge < -0.3 is 49.8 Å². The fourth-order valence-electron chi connectivity index (χ4n) is 4.78. The molecule has 1 aliphatic heterocycles. The van der Waals surface area contributed by atoms with E-state index in [0.717, 1.165) is 16.5 Å². The van der Waals surface area contributed by atoms with Crippen LogP contribution in [-0.2, 0) is 20.8 Å². The number of carbonyl (C=O) groups excluding carboxylic acids is 1. The van der Waals surface area contributed by atoms with Crippen LogP contribution in [0, 0.1) is 13.8 Å². The molecule has 0 saturated carbocycles. The van der Waals surface area contributed by atoms with Gasteiger partial charge in [0.15, 0.2) is 12.4 Å². The van der Waals surface area contributed by atoms with E-state index in [1.807, 2.05) is 32.9 Å². The van der Waals surface area contributed by atoms with E-state index in [-0.39, 0.29) is 25.3 Å². The summed E-state index contributed by atoms with van der Waals surface area (Å²) in [6.45, 7) is 5.69. The van der Waals surface area contributed by atoms with Crippen LogP contribution in [0.4, 0.5) is 10.5 Å². The Morgan fingerprint density at radius 3 is 2.43 bits per heavy atom. The molecule has 1 saturated heterocycles. The lowest BCUT2D eigenvalue weighted by Crippen LogP contribution is -2.60. The molecule has 13 nitrogen and oxygen atoms in total. The molecule has 1 fully saturated rings. The first-order valence-electron chi connectivity index (χ1n) is 13.4. The van der Waals surface area contributed by atoms with Crippen molar-refractivity contribution in [3.05, 3.63) is 69.5 Å². The van der Waals surface area contributed by atoms with Crippen molar-refractivity contribution in [2.75, 3.05) is 25.1 Å². The van der Waals surface area contributed by atoms with Gasteiger partial charge in [-0.2, -0.15) is 0 Å². The number of hydrogen-bond donors (Lipinski definition) is 6. The van der Waals surface area contributed by atoms with Crippen LogP contribution in [0.3, 0.4) is 0 Å². The van der Waals surface area contributed by atoms with Crippen LogP contribution in [0.1, 0.15) is 23.6 Å². The third-order valence-corrected chi connectivity index (χ3v) is 6.89.